The molecule has 2 aromatic rings. The van der Waals surface area contributed by atoms with E-state index in [9.17, 15) is 8.42 Å². The number of fused-ring (bicyclic) bond motifs is 1. The molecule has 2 N–H and O–H groups in total. The first-order valence-corrected chi connectivity index (χ1v) is 9.69. The fourth-order valence-corrected chi connectivity index (χ4v) is 4.71. The molecule has 0 unspecified atom stereocenters. The van der Waals surface area contributed by atoms with Crippen LogP contribution in [0.15, 0.2) is 47.4 Å². The summed E-state index contributed by atoms with van der Waals surface area (Å²) in [6.07, 6.45) is 4.47. The summed E-state index contributed by atoms with van der Waals surface area (Å²) in [7, 11) is -3.48. The minimum atomic E-state index is -3.48. The van der Waals surface area contributed by atoms with Crippen molar-refractivity contribution in [2.45, 2.75) is 43.0 Å². The molecule has 0 radical (unpaired) electrons. The summed E-state index contributed by atoms with van der Waals surface area (Å²) in [5.41, 5.74) is 0. The largest absolute Gasteiger partial charge is 0.396 e. The monoisotopic (exact) mass is 333 g/mol. The Labute approximate surface area is 137 Å². The standard InChI is InChI=1S/C18H23NO3S/c20-12-11-14-5-8-17(9-6-14)19-23(21,22)18-10-7-15-3-1-2-4-16(15)13-18/h1-4,7,10,13-14,17,19-20H,5-6,8-9,11-12H2. The zero-order valence-electron chi connectivity index (χ0n) is 13.1. The highest BCUT2D eigenvalue weighted by molar-refractivity contribution is 7.89. The predicted molar refractivity (Wildman–Crippen MR) is 91.7 cm³/mol. The van der Waals surface area contributed by atoms with Crippen LogP contribution in [-0.2, 0) is 10.0 Å². The van der Waals surface area contributed by atoms with Gasteiger partial charge in [0.1, 0.15) is 0 Å². The molecule has 3 rings (SSSR count). The summed E-state index contributed by atoms with van der Waals surface area (Å²) in [6.45, 7) is 0.220. The van der Waals surface area contributed by atoms with Crippen LogP contribution in [0.1, 0.15) is 32.1 Å². The van der Waals surface area contributed by atoms with E-state index in [1.165, 1.54) is 0 Å². The Hall–Kier alpha value is -1.43. The van der Waals surface area contributed by atoms with Gasteiger partial charge in [-0.25, -0.2) is 13.1 Å². The van der Waals surface area contributed by atoms with E-state index in [0.29, 0.717) is 10.8 Å². The number of hydrogen-bond acceptors (Lipinski definition) is 3. The molecule has 0 saturated heterocycles. The number of aliphatic hydroxyl groups excluding tert-OH is 1. The van der Waals surface area contributed by atoms with Crippen LogP contribution in [0, 0.1) is 5.92 Å². The van der Waals surface area contributed by atoms with E-state index in [1.54, 1.807) is 12.1 Å². The maximum absolute atomic E-state index is 12.6. The summed E-state index contributed by atoms with van der Waals surface area (Å²) in [5, 5.41) is 11.0. The summed E-state index contributed by atoms with van der Waals surface area (Å²) in [6, 6.07) is 13.0. The first-order chi connectivity index (χ1) is 11.1. The van der Waals surface area contributed by atoms with E-state index in [0.717, 1.165) is 42.9 Å². The van der Waals surface area contributed by atoms with Gasteiger partial charge in [0.15, 0.2) is 0 Å². The number of nitrogens with one attached hydrogen (secondary N) is 1. The van der Waals surface area contributed by atoms with Crippen LogP contribution in [0.3, 0.4) is 0 Å². The Balaban J connectivity index is 1.71. The number of aliphatic hydroxyl groups is 1. The molecule has 0 bridgehead atoms. The van der Waals surface area contributed by atoms with Crippen LogP contribution in [0.2, 0.25) is 0 Å². The second-order valence-electron chi connectivity index (χ2n) is 6.36. The molecule has 0 aliphatic heterocycles. The van der Waals surface area contributed by atoms with E-state index in [-0.39, 0.29) is 12.6 Å². The van der Waals surface area contributed by atoms with Gasteiger partial charge in [-0.1, -0.05) is 30.3 Å². The van der Waals surface area contributed by atoms with Gasteiger partial charge in [0.05, 0.1) is 4.90 Å². The first kappa shape index (κ1) is 16.4. The van der Waals surface area contributed by atoms with Gasteiger partial charge in [-0.05, 0) is 60.9 Å². The van der Waals surface area contributed by atoms with Gasteiger partial charge in [-0.15, -0.1) is 0 Å². The van der Waals surface area contributed by atoms with Gasteiger partial charge in [0.2, 0.25) is 10.0 Å². The van der Waals surface area contributed by atoms with Crippen LogP contribution in [0.4, 0.5) is 0 Å². The van der Waals surface area contributed by atoms with Crippen LogP contribution in [-0.4, -0.2) is 26.2 Å². The highest BCUT2D eigenvalue weighted by Gasteiger charge is 2.25. The third kappa shape index (κ3) is 3.91. The molecule has 4 nitrogen and oxygen atoms in total. The van der Waals surface area contributed by atoms with Gasteiger partial charge in [-0.2, -0.15) is 0 Å². The lowest BCUT2D eigenvalue weighted by molar-refractivity contribution is 0.219. The summed E-state index contributed by atoms with van der Waals surface area (Å²) in [5.74, 6) is 0.529. The topological polar surface area (TPSA) is 66.4 Å². The Kier molecular flexibility index (Phi) is 4.99. The van der Waals surface area contributed by atoms with E-state index < -0.39 is 10.0 Å². The zero-order valence-corrected chi connectivity index (χ0v) is 13.9. The summed E-state index contributed by atoms with van der Waals surface area (Å²) in [4.78, 5) is 0.327. The first-order valence-electron chi connectivity index (χ1n) is 8.20. The second-order valence-corrected chi connectivity index (χ2v) is 8.07. The van der Waals surface area contributed by atoms with E-state index >= 15 is 0 Å². The van der Waals surface area contributed by atoms with Crippen molar-refractivity contribution in [2.24, 2.45) is 5.92 Å². The molecule has 0 amide bonds. The van der Waals surface area contributed by atoms with E-state index in [4.69, 9.17) is 5.11 Å². The fraction of sp³-hybridized carbons (Fsp3) is 0.444. The molecule has 1 aliphatic carbocycles. The Bertz CT molecular complexity index is 765. The average molecular weight is 333 g/mol. The van der Waals surface area contributed by atoms with Crippen molar-refractivity contribution < 1.29 is 13.5 Å². The normalized spacial score (nSPS) is 22.3. The number of benzene rings is 2. The lowest BCUT2D eigenvalue weighted by Crippen LogP contribution is -2.37. The van der Waals surface area contributed by atoms with Crippen LogP contribution < -0.4 is 4.72 Å². The number of rotatable bonds is 5. The molecule has 1 fully saturated rings. The third-order valence-corrected chi connectivity index (χ3v) is 6.26. The SMILES string of the molecule is O=S(=O)(NC1CCC(CCO)CC1)c1ccc2ccccc2c1. The lowest BCUT2D eigenvalue weighted by Gasteiger charge is -2.28. The van der Waals surface area contributed by atoms with Crippen LogP contribution in [0.5, 0.6) is 0 Å². The molecule has 0 aromatic heterocycles. The van der Waals surface area contributed by atoms with E-state index in [1.807, 2.05) is 30.3 Å². The van der Waals surface area contributed by atoms with Crippen LogP contribution in [0.25, 0.3) is 10.8 Å². The molecule has 1 saturated carbocycles. The minimum absolute atomic E-state index is 0.00131. The van der Waals surface area contributed by atoms with Gasteiger partial charge >= 0.3 is 0 Å². The highest BCUT2D eigenvalue weighted by Crippen LogP contribution is 2.28. The zero-order chi connectivity index (χ0) is 16.3. The molecule has 2 aromatic carbocycles. The van der Waals surface area contributed by atoms with Crippen molar-refractivity contribution in [3.05, 3.63) is 42.5 Å². The van der Waals surface area contributed by atoms with Crippen molar-refractivity contribution >= 4 is 20.8 Å². The molecule has 0 atom stereocenters. The molecule has 0 spiro atoms. The van der Waals surface area contributed by atoms with E-state index in [2.05, 4.69) is 4.72 Å². The number of sulfonamides is 1. The van der Waals surface area contributed by atoms with Gasteiger partial charge < -0.3 is 5.11 Å². The molecular weight excluding hydrogens is 310 g/mol. The minimum Gasteiger partial charge on any atom is -0.396 e. The molecule has 124 valence electrons. The molecule has 23 heavy (non-hydrogen) atoms. The van der Waals surface area contributed by atoms with Crippen molar-refractivity contribution in [3.63, 3.8) is 0 Å². The average Bonchev–Trinajstić information content (AvgIpc) is 2.56. The third-order valence-electron chi connectivity index (χ3n) is 4.74. The molecule has 5 heteroatoms. The second kappa shape index (κ2) is 6.99. The molecule has 0 heterocycles. The predicted octanol–water partition coefficient (Wildman–Crippen LogP) is 3.06. The molecule has 1 aliphatic rings. The smallest absolute Gasteiger partial charge is 0.240 e. The van der Waals surface area contributed by atoms with Gasteiger partial charge in [0.25, 0.3) is 0 Å². The lowest BCUT2D eigenvalue weighted by atomic mass is 9.85. The Morgan fingerprint density at radius 1 is 1.00 bits per heavy atom. The maximum atomic E-state index is 12.6. The highest BCUT2D eigenvalue weighted by atomic mass is 32.2. The van der Waals surface area contributed by atoms with Crippen molar-refractivity contribution in [3.8, 4) is 0 Å². The summed E-state index contributed by atoms with van der Waals surface area (Å²) < 4.78 is 28.0. The molecular formula is C18H23NO3S. The maximum Gasteiger partial charge on any atom is 0.240 e. The quantitative estimate of drug-likeness (QED) is 0.884. The number of hydrogen-bond donors (Lipinski definition) is 2. The Morgan fingerprint density at radius 2 is 1.70 bits per heavy atom. The van der Waals surface area contributed by atoms with Crippen molar-refractivity contribution in [1.29, 1.82) is 0 Å². The van der Waals surface area contributed by atoms with Gasteiger partial charge in [0, 0.05) is 12.6 Å². The summed E-state index contributed by atoms with van der Waals surface area (Å²) >= 11 is 0. The van der Waals surface area contributed by atoms with Crippen molar-refractivity contribution in [2.75, 3.05) is 6.61 Å². The Morgan fingerprint density at radius 3 is 2.39 bits per heavy atom. The van der Waals surface area contributed by atoms with Gasteiger partial charge in [-0.3, -0.25) is 0 Å². The fourth-order valence-electron chi connectivity index (χ4n) is 3.37. The van der Waals surface area contributed by atoms with Crippen LogP contribution >= 0.6 is 0 Å². The van der Waals surface area contributed by atoms with Crippen molar-refractivity contribution in [1.82, 2.24) is 4.72 Å².